The van der Waals surface area contributed by atoms with Crippen molar-refractivity contribution in [2.24, 2.45) is 0 Å². The van der Waals surface area contributed by atoms with E-state index in [2.05, 4.69) is 19.2 Å². The normalized spacial score (nSPS) is 18.5. The zero-order valence-corrected chi connectivity index (χ0v) is 14.7. The molecule has 0 bridgehead atoms. The van der Waals surface area contributed by atoms with Crippen molar-refractivity contribution in [2.45, 2.75) is 44.7 Å². The highest BCUT2D eigenvalue weighted by atomic mass is 19.4. The van der Waals surface area contributed by atoms with Crippen molar-refractivity contribution in [3.05, 3.63) is 64.5 Å². The van der Waals surface area contributed by atoms with Gasteiger partial charge in [-0.3, -0.25) is 4.79 Å². The van der Waals surface area contributed by atoms with Crippen molar-refractivity contribution in [2.75, 3.05) is 5.32 Å². The quantitative estimate of drug-likeness (QED) is 0.662. The molecule has 3 rings (SSSR count). The van der Waals surface area contributed by atoms with Crippen LogP contribution in [0.15, 0.2) is 36.4 Å². The van der Waals surface area contributed by atoms with Crippen molar-refractivity contribution in [3.63, 3.8) is 0 Å². The largest absolute Gasteiger partial charge is 0.417 e. The van der Waals surface area contributed by atoms with Gasteiger partial charge in [-0.05, 0) is 47.1 Å². The Morgan fingerprint density at radius 3 is 2.46 bits per heavy atom. The van der Waals surface area contributed by atoms with Gasteiger partial charge in [0.15, 0.2) is 0 Å². The van der Waals surface area contributed by atoms with E-state index in [1.165, 1.54) is 0 Å². The second-order valence-corrected chi connectivity index (χ2v) is 7.37. The Bertz CT molecular complexity index is 871. The van der Waals surface area contributed by atoms with Crippen molar-refractivity contribution in [1.29, 1.82) is 0 Å². The van der Waals surface area contributed by atoms with Crippen LogP contribution in [0, 0.1) is 5.82 Å². The SMILES string of the molecule is CC1CC(C)(C)c2cccc(NC(=O)c3c(F)cccc3C(F)(F)F)c21. The molecule has 0 saturated heterocycles. The molecule has 1 aliphatic carbocycles. The number of nitrogens with one attached hydrogen (secondary N) is 1. The Labute approximate surface area is 149 Å². The molecule has 2 nitrogen and oxygen atoms in total. The molecular formula is C20H19F4NO. The van der Waals surface area contributed by atoms with Crippen LogP contribution in [-0.2, 0) is 11.6 Å². The second-order valence-electron chi connectivity index (χ2n) is 7.37. The Hall–Kier alpha value is -2.37. The van der Waals surface area contributed by atoms with Crippen molar-refractivity contribution in [1.82, 2.24) is 0 Å². The first kappa shape index (κ1) is 18.4. The van der Waals surface area contributed by atoms with Gasteiger partial charge in [0.1, 0.15) is 5.82 Å². The summed E-state index contributed by atoms with van der Waals surface area (Å²) in [5.74, 6) is -2.15. The van der Waals surface area contributed by atoms with E-state index in [9.17, 15) is 22.4 Å². The Morgan fingerprint density at radius 2 is 1.81 bits per heavy atom. The zero-order valence-electron chi connectivity index (χ0n) is 14.7. The maximum Gasteiger partial charge on any atom is 0.417 e. The van der Waals surface area contributed by atoms with Crippen LogP contribution in [0.1, 0.15) is 60.2 Å². The van der Waals surface area contributed by atoms with Gasteiger partial charge in [-0.1, -0.05) is 39.0 Å². The summed E-state index contributed by atoms with van der Waals surface area (Å²) in [4.78, 5) is 12.5. The lowest BCUT2D eigenvalue weighted by Crippen LogP contribution is -2.21. The van der Waals surface area contributed by atoms with Crippen LogP contribution in [0.3, 0.4) is 0 Å². The molecule has 0 aliphatic heterocycles. The molecule has 26 heavy (non-hydrogen) atoms. The van der Waals surface area contributed by atoms with E-state index in [1.54, 1.807) is 12.1 Å². The summed E-state index contributed by atoms with van der Waals surface area (Å²) in [6.07, 6.45) is -3.95. The van der Waals surface area contributed by atoms with E-state index in [4.69, 9.17) is 0 Å². The molecule has 138 valence electrons. The molecule has 0 spiro atoms. The third kappa shape index (κ3) is 3.08. The van der Waals surface area contributed by atoms with E-state index in [0.29, 0.717) is 11.8 Å². The number of anilines is 1. The van der Waals surface area contributed by atoms with Crippen LogP contribution in [0.25, 0.3) is 0 Å². The summed E-state index contributed by atoms with van der Waals surface area (Å²) < 4.78 is 53.5. The number of hydrogen-bond acceptors (Lipinski definition) is 1. The molecule has 0 fully saturated rings. The fourth-order valence-electron chi connectivity index (χ4n) is 3.95. The average Bonchev–Trinajstić information content (AvgIpc) is 2.76. The smallest absolute Gasteiger partial charge is 0.322 e. The van der Waals surface area contributed by atoms with Crippen LogP contribution in [-0.4, -0.2) is 5.91 Å². The minimum absolute atomic E-state index is 0.0926. The van der Waals surface area contributed by atoms with Crippen molar-refractivity contribution < 1.29 is 22.4 Å². The predicted molar refractivity (Wildman–Crippen MR) is 91.9 cm³/mol. The van der Waals surface area contributed by atoms with E-state index in [1.807, 2.05) is 13.0 Å². The number of carbonyl (C=O) groups is 1. The minimum Gasteiger partial charge on any atom is -0.322 e. The molecule has 0 saturated carbocycles. The lowest BCUT2D eigenvalue weighted by atomic mass is 9.86. The Balaban J connectivity index is 2.03. The number of benzene rings is 2. The summed E-state index contributed by atoms with van der Waals surface area (Å²) in [7, 11) is 0. The average molecular weight is 365 g/mol. The molecule has 1 amide bonds. The van der Waals surface area contributed by atoms with Crippen LogP contribution < -0.4 is 5.32 Å². The van der Waals surface area contributed by atoms with Gasteiger partial charge >= 0.3 is 6.18 Å². The van der Waals surface area contributed by atoms with E-state index in [0.717, 1.165) is 29.7 Å². The molecule has 0 radical (unpaired) electrons. The topological polar surface area (TPSA) is 29.1 Å². The molecule has 0 heterocycles. The number of rotatable bonds is 2. The van der Waals surface area contributed by atoms with Crippen LogP contribution in [0.2, 0.25) is 0 Å². The third-order valence-electron chi connectivity index (χ3n) is 4.94. The molecule has 1 unspecified atom stereocenters. The lowest BCUT2D eigenvalue weighted by Gasteiger charge is -2.19. The first-order valence-electron chi connectivity index (χ1n) is 8.33. The molecule has 1 aliphatic rings. The summed E-state index contributed by atoms with van der Waals surface area (Å²) >= 11 is 0. The summed E-state index contributed by atoms with van der Waals surface area (Å²) in [5.41, 5.74) is 0.0218. The molecular weight excluding hydrogens is 346 g/mol. The minimum atomic E-state index is -4.82. The highest BCUT2D eigenvalue weighted by Crippen LogP contribution is 2.48. The molecule has 1 atom stereocenters. The van der Waals surface area contributed by atoms with Gasteiger partial charge in [-0.25, -0.2) is 4.39 Å². The zero-order chi connectivity index (χ0) is 19.3. The van der Waals surface area contributed by atoms with Gasteiger partial charge in [0.05, 0.1) is 11.1 Å². The number of amides is 1. The van der Waals surface area contributed by atoms with Gasteiger partial charge in [0, 0.05) is 5.69 Å². The number of hydrogen-bond donors (Lipinski definition) is 1. The number of alkyl halides is 3. The fraction of sp³-hybridized carbons (Fsp3) is 0.350. The van der Waals surface area contributed by atoms with Gasteiger partial charge < -0.3 is 5.32 Å². The Kier molecular flexibility index (Phi) is 4.33. The molecule has 0 aromatic heterocycles. The Morgan fingerprint density at radius 1 is 1.15 bits per heavy atom. The summed E-state index contributed by atoms with van der Waals surface area (Å²) in [6, 6.07) is 7.85. The monoisotopic (exact) mass is 365 g/mol. The first-order chi connectivity index (χ1) is 12.0. The predicted octanol–water partition coefficient (Wildman–Crippen LogP) is 5.88. The van der Waals surface area contributed by atoms with Crippen LogP contribution in [0.5, 0.6) is 0 Å². The van der Waals surface area contributed by atoms with Crippen molar-refractivity contribution in [3.8, 4) is 0 Å². The maximum atomic E-state index is 14.0. The highest BCUT2D eigenvalue weighted by Gasteiger charge is 2.38. The number of fused-ring (bicyclic) bond motifs is 1. The highest BCUT2D eigenvalue weighted by molar-refractivity contribution is 6.06. The van der Waals surface area contributed by atoms with Crippen LogP contribution in [0.4, 0.5) is 23.2 Å². The van der Waals surface area contributed by atoms with Gasteiger partial charge in [-0.2, -0.15) is 13.2 Å². The third-order valence-corrected chi connectivity index (χ3v) is 4.94. The standard InChI is InChI=1S/C20H19F4NO/c1-11-10-19(2,3)12-6-5-9-15(16(11)12)25-18(26)17-13(20(22,23)24)7-4-8-14(17)21/h4-9,11H,10H2,1-3H3,(H,25,26). The fourth-order valence-corrected chi connectivity index (χ4v) is 3.95. The van der Waals surface area contributed by atoms with Gasteiger partial charge in [0.25, 0.3) is 5.91 Å². The van der Waals surface area contributed by atoms with E-state index in [-0.39, 0.29) is 11.3 Å². The van der Waals surface area contributed by atoms with Crippen molar-refractivity contribution >= 4 is 11.6 Å². The van der Waals surface area contributed by atoms with Gasteiger partial charge in [0.2, 0.25) is 0 Å². The number of carbonyl (C=O) groups excluding carboxylic acids is 1. The van der Waals surface area contributed by atoms with Gasteiger partial charge in [-0.15, -0.1) is 0 Å². The van der Waals surface area contributed by atoms with Crippen LogP contribution >= 0.6 is 0 Å². The summed E-state index contributed by atoms with van der Waals surface area (Å²) in [6.45, 7) is 6.17. The number of halogens is 4. The molecule has 6 heteroatoms. The lowest BCUT2D eigenvalue weighted by molar-refractivity contribution is -0.138. The van der Waals surface area contributed by atoms with E-state index < -0.39 is 29.0 Å². The maximum absolute atomic E-state index is 14.0. The first-order valence-corrected chi connectivity index (χ1v) is 8.33. The molecule has 2 aromatic carbocycles. The molecule has 2 aromatic rings. The molecule has 1 N–H and O–H groups in total. The van der Waals surface area contributed by atoms with E-state index >= 15 is 0 Å². The second kappa shape index (κ2) is 6.11. The summed E-state index contributed by atoms with van der Waals surface area (Å²) in [5, 5.41) is 2.50.